The third-order valence-electron chi connectivity index (χ3n) is 2.67. The van der Waals surface area contributed by atoms with E-state index in [9.17, 15) is 9.59 Å². The van der Waals surface area contributed by atoms with Crippen molar-refractivity contribution in [3.05, 3.63) is 0 Å². The fourth-order valence-electron chi connectivity index (χ4n) is 1.65. The number of likely N-dealkylation sites (N-methyl/N-ethyl adjacent to an activating group) is 1. The van der Waals surface area contributed by atoms with Crippen molar-refractivity contribution in [3.63, 3.8) is 0 Å². The number of hydrogen-bond acceptors (Lipinski definition) is 3. The number of carbonyl (C=O) groups excluding carboxylic acids is 2. The van der Waals surface area contributed by atoms with Gasteiger partial charge in [0, 0.05) is 13.5 Å². The molecule has 15 heavy (non-hydrogen) atoms. The Morgan fingerprint density at radius 1 is 1.40 bits per heavy atom. The van der Waals surface area contributed by atoms with E-state index in [1.165, 1.54) is 0 Å². The predicted molar refractivity (Wildman–Crippen MR) is 57.3 cm³/mol. The molecule has 1 unspecified atom stereocenters. The lowest BCUT2D eigenvalue weighted by Crippen LogP contribution is -2.35. The maximum atomic E-state index is 11.3. The summed E-state index contributed by atoms with van der Waals surface area (Å²) in [6.07, 6.45) is 2.58. The van der Waals surface area contributed by atoms with Crippen LogP contribution in [-0.4, -0.2) is 38.5 Å². The average Bonchev–Trinajstić information content (AvgIpc) is 2.75. The van der Waals surface area contributed by atoms with E-state index in [1.807, 2.05) is 0 Å². The second-order valence-corrected chi connectivity index (χ2v) is 3.85. The molecule has 5 nitrogen and oxygen atoms in total. The monoisotopic (exact) mass is 213 g/mol. The van der Waals surface area contributed by atoms with Crippen molar-refractivity contribution in [3.8, 4) is 0 Å². The predicted octanol–water partition coefficient (Wildman–Crippen LogP) is -0.762. The van der Waals surface area contributed by atoms with Crippen molar-refractivity contribution in [2.45, 2.75) is 19.3 Å². The van der Waals surface area contributed by atoms with Gasteiger partial charge in [0.1, 0.15) is 0 Å². The fourth-order valence-corrected chi connectivity index (χ4v) is 1.65. The summed E-state index contributed by atoms with van der Waals surface area (Å²) in [5, 5.41) is 8.30. The largest absolute Gasteiger partial charge is 0.358 e. The van der Waals surface area contributed by atoms with Gasteiger partial charge in [0.2, 0.25) is 11.8 Å². The molecular formula is C10H19N3O2. The third-order valence-corrected chi connectivity index (χ3v) is 2.67. The number of carbonyl (C=O) groups is 2. The first-order valence-electron chi connectivity index (χ1n) is 5.40. The van der Waals surface area contributed by atoms with Crippen LogP contribution in [0, 0.1) is 5.92 Å². The Morgan fingerprint density at radius 3 is 2.80 bits per heavy atom. The highest BCUT2D eigenvalue weighted by atomic mass is 16.2. The highest BCUT2D eigenvalue weighted by molar-refractivity contribution is 5.84. The van der Waals surface area contributed by atoms with E-state index in [1.54, 1.807) is 7.05 Å². The summed E-state index contributed by atoms with van der Waals surface area (Å²) in [6, 6.07) is 0. The van der Waals surface area contributed by atoms with Crippen molar-refractivity contribution < 1.29 is 9.59 Å². The van der Waals surface area contributed by atoms with Gasteiger partial charge >= 0.3 is 0 Å². The molecule has 1 aliphatic heterocycles. The topological polar surface area (TPSA) is 70.2 Å². The first-order valence-corrected chi connectivity index (χ1v) is 5.40. The van der Waals surface area contributed by atoms with Crippen molar-refractivity contribution in [1.29, 1.82) is 0 Å². The summed E-state index contributed by atoms with van der Waals surface area (Å²) < 4.78 is 0. The molecule has 1 aliphatic rings. The van der Waals surface area contributed by atoms with Crippen molar-refractivity contribution in [1.82, 2.24) is 16.0 Å². The minimum atomic E-state index is -0.161. The molecule has 1 saturated heterocycles. The van der Waals surface area contributed by atoms with E-state index < -0.39 is 0 Å². The number of hydrogen-bond donors (Lipinski definition) is 3. The number of rotatable bonds is 5. The minimum Gasteiger partial charge on any atom is -0.358 e. The Bertz CT molecular complexity index is 225. The molecule has 1 fully saturated rings. The van der Waals surface area contributed by atoms with E-state index in [2.05, 4.69) is 16.0 Å². The van der Waals surface area contributed by atoms with E-state index in [-0.39, 0.29) is 18.4 Å². The van der Waals surface area contributed by atoms with Crippen LogP contribution >= 0.6 is 0 Å². The first kappa shape index (κ1) is 12.0. The molecule has 1 heterocycles. The molecule has 0 spiro atoms. The van der Waals surface area contributed by atoms with Gasteiger partial charge in [-0.3, -0.25) is 9.59 Å². The van der Waals surface area contributed by atoms with Crippen molar-refractivity contribution in [2.75, 3.05) is 26.7 Å². The Labute approximate surface area is 90.0 Å². The maximum Gasteiger partial charge on any atom is 0.239 e. The van der Waals surface area contributed by atoms with Crippen molar-refractivity contribution in [2.24, 2.45) is 5.92 Å². The molecule has 5 heteroatoms. The first-order chi connectivity index (χ1) is 7.22. The zero-order chi connectivity index (χ0) is 11.1. The Hall–Kier alpha value is -1.10. The minimum absolute atomic E-state index is 0.0366. The maximum absolute atomic E-state index is 11.3. The SMILES string of the molecule is CNC(=O)CNC(=O)CCC1CCNC1. The smallest absolute Gasteiger partial charge is 0.239 e. The van der Waals surface area contributed by atoms with Crippen LogP contribution in [0.25, 0.3) is 0 Å². The van der Waals surface area contributed by atoms with Gasteiger partial charge in [-0.05, 0) is 31.8 Å². The Balaban J connectivity index is 2.05. The molecule has 1 rings (SSSR count). The second kappa shape index (κ2) is 6.40. The molecule has 0 radical (unpaired) electrons. The zero-order valence-electron chi connectivity index (χ0n) is 9.14. The molecule has 0 saturated carbocycles. The summed E-state index contributed by atoms with van der Waals surface area (Å²) in [7, 11) is 1.55. The summed E-state index contributed by atoms with van der Waals surface area (Å²) in [4.78, 5) is 22.1. The summed E-state index contributed by atoms with van der Waals surface area (Å²) in [5.74, 6) is 0.423. The second-order valence-electron chi connectivity index (χ2n) is 3.85. The molecular weight excluding hydrogens is 194 g/mol. The Morgan fingerprint density at radius 2 is 2.20 bits per heavy atom. The van der Waals surface area contributed by atoms with E-state index in [0.717, 1.165) is 25.9 Å². The van der Waals surface area contributed by atoms with E-state index in [4.69, 9.17) is 0 Å². The van der Waals surface area contributed by atoms with Gasteiger partial charge in [0.25, 0.3) is 0 Å². The molecule has 0 aromatic carbocycles. The molecule has 0 aliphatic carbocycles. The average molecular weight is 213 g/mol. The molecule has 0 aromatic rings. The highest BCUT2D eigenvalue weighted by Gasteiger charge is 2.15. The molecule has 86 valence electrons. The number of amides is 2. The third kappa shape index (κ3) is 4.78. The highest BCUT2D eigenvalue weighted by Crippen LogP contribution is 2.13. The van der Waals surface area contributed by atoms with Crippen LogP contribution in [0.3, 0.4) is 0 Å². The van der Waals surface area contributed by atoms with Crippen molar-refractivity contribution >= 4 is 11.8 Å². The van der Waals surface area contributed by atoms with Gasteiger partial charge in [-0.25, -0.2) is 0 Å². The van der Waals surface area contributed by atoms with Crippen LogP contribution in [0.2, 0.25) is 0 Å². The van der Waals surface area contributed by atoms with Crippen LogP contribution in [-0.2, 0) is 9.59 Å². The van der Waals surface area contributed by atoms with Crippen LogP contribution in [0.15, 0.2) is 0 Å². The lowest BCUT2D eigenvalue weighted by molar-refractivity contribution is -0.126. The van der Waals surface area contributed by atoms with Crippen LogP contribution < -0.4 is 16.0 Å². The lowest BCUT2D eigenvalue weighted by Gasteiger charge is -2.07. The van der Waals surface area contributed by atoms with Crippen LogP contribution in [0.5, 0.6) is 0 Å². The fraction of sp³-hybridized carbons (Fsp3) is 0.800. The molecule has 0 aromatic heterocycles. The summed E-state index contributed by atoms with van der Waals surface area (Å²) >= 11 is 0. The standard InChI is InChI=1S/C10H19N3O2/c1-11-10(15)7-13-9(14)3-2-8-4-5-12-6-8/h8,12H,2-7H2,1H3,(H,11,15)(H,13,14). The molecule has 1 atom stereocenters. The van der Waals surface area contributed by atoms with Crippen LogP contribution in [0.1, 0.15) is 19.3 Å². The van der Waals surface area contributed by atoms with Gasteiger partial charge in [0.05, 0.1) is 6.54 Å². The van der Waals surface area contributed by atoms with Gasteiger partial charge in [-0.1, -0.05) is 0 Å². The molecule has 3 N–H and O–H groups in total. The zero-order valence-corrected chi connectivity index (χ0v) is 9.14. The number of nitrogens with one attached hydrogen (secondary N) is 3. The quantitative estimate of drug-likeness (QED) is 0.562. The summed E-state index contributed by atoms with van der Waals surface area (Å²) in [5.41, 5.74) is 0. The lowest BCUT2D eigenvalue weighted by atomic mass is 10.0. The summed E-state index contributed by atoms with van der Waals surface area (Å²) in [6.45, 7) is 2.16. The molecule has 2 amide bonds. The van der Waals surface area contributed by atoms with E-state index in [0.29, 0.717) is 12.3 Å². The molecule has 0 bridgehead atoms. The van der Waals surface area contributed by atoms with E-state index >= 15 is 0 Å². The van der Waals surface area contributed by atoms with Crippen LogP contribution in [0.4, 0.5) is 0 Å². The van der Waals surface area contributed by atoms with Gasteiger partial charge in [-0.2, -0.15) is 0 Å². The van der Waals surface area contributed by atoms with Gasteiger partial charge in [0.15, 0.2) is 0 Å². The van der Waals surface area contributed by atoms with Gasteiger partial charge < -0.3 is 16.0 Å². The Kier molecular flexibility index (Phi) is 5.10. The van der Waals surface area contributed by atoms with Gasteiger partial charge in [-0.15, -0.1) is 0 Å². The normalized spacial score (nSPS) is 19.9.